The Labute approximate surface area is 111 Å². The highest BCUT2D eigenvalue weighted by molar-refractivity contribution is 6.01. The Kier molecular flexibility index (Phi) is 3.37. The van der Waals surface area contributed by atoms with Gasteiger partial charge in [0.05, 0.1) is 11.9 Å². The Morgan fingerprint density at radius 3 is 2.74 bits per heavy atom. The third-order valence-electron chi connectivity index (χ3n) is 2.61. The maximum Gasteiger partial charge on any atom is 0.295 e. The molecule has 2 aromatic rings. The molecule has 7 heteroatoms. The van der Waals surface area contributed by atoms with Crippen LogP contribution >= 0.6 is 0 Å². The van der Waals surface area contributed by atoms with Crippen molar-refractivity contribution in [2.45, 2.75) is 39.7 Å². The molecule has 1 amide bonds. The van der Waals surface area contributed by atoms with E-state index in [-0.39, 0.29) is 17.1 Å². The molecule has 7 nitrogen and oxygen atoms in total. The zero-order valence-corrected chi connectivity index (χ0v) is 11.6. The third-order valence-corrected chi connectivity index (χ3v) is 2.61. The maximum absolute atomic E-state index is 12.0. The highest BCUT2D eigenvalue weighted by Gasteiger charge is 2.21. The van der Waals surface area contributed by atoms with E-state index in [0.29, 0.717) is 11.5 Å². The van der Waals surface area contributed by atoms with Gasteiger partial charge in [0, 0.05) is 18.2 Å². The first kappa shape index (κ1) is 13.3. The fourth-order valence-electron chi connectivity index (χ4n) is 1.49. The minimum Gasteiger partial charge on any atom is -0.316 e. The number of H-pyrrole nitrogens is 1. The van der Waals surface area contributed by atoms with Crippen LogP contribution in [0.3, 0.4) is 0 Å². The third kappa shape index (κ3) is 2.98. The van der Waals surface area contributed by atoms with Crippen LogP contribution in [0.5, 0.6) is 0 Å². The van der Waals surface area contributed by atoms with Gasteiger partial charge < -0.3 is 5.32 Å². The van der Waals surface area contributed by atoms with Crippen LogP contribution in [-0.2, 0) is 12.0 Å². The van der Waals surface area contributed by atoms with Crippen LogP contribution < -0.4 is 5.32 Å². The Morgan fingerprint density at radius 2 is 2.21 bits per heavy atom. The zero-order valence-electron chi connectivity index (χ0n) is 11.6. The summed E-state index contributed by atoms with van der Waals surface area (Å²) >= 11 is 0. The van der Waals surface area contributed by atoms with E-state index >= 15 is 0 Å². The van der Waals surface area contributed by atoms with Crippen molar-refractivity contribution in [3.05, 3.63) is 24.0 Å². The summed E-state index contributed by atoms with van der Waals surface area (Å²) in [5.41, 5.74) is 0.465. The number of hydrogen-bond donors (Lipinski definition) is 2. The van der Waals surface area contributed by atoms with Crippen LogP contribution in [0.25, 0.3) is 0 Å². The number of anilines is 1. The second-order valence-electron chi connectivity index (χ2n) is 5.30. The van der Waals surface area contributed by atoms with E-state index in [9.17, 15) is 4.79 Å². The molecule has 0 aliphatic rings. The van der Waals surface area contributed by atoms with Gasteiger partial charge in [-0.15, -0.1) is 5.10 Å². The molecule has 0 spiro atoms. The molecule has 0 aliphatic carbocycles. The quantitative estimate of drug-likeness (QED) is 0.878. The number of rotatable bonds is 3. The van der Waals surface area contributed by atoms with E-state index in [4.69, 9.17) is 0 Å². The number of carbonyl (C=O) groups is 1. The van der Waals surface area contributed by atoms with Crippen molar-refractivity contribution in [2.75, 3.05) is 5.32 Å². The summed E-state index contributed by atoms with van der Waals surface area (Å²) in [6, 6.07) is 0. The van der Waals surface area contributed by atoms with E-state index in [1.165, 1.54) is 0 Å². The van der Waals surface area contributed by atoms with Crippen LogP contribution in [0, 0.1) is 0 Å². The van der Waals surface area contributed by atoms with Crippen molar-refractivity contribution in [3.8, 4) is 0 Å². The van der Waals surface area contributed by atoms with Gasteiger partial charge in [0.2, 0.25) is 5.82 Å². The Morgan fingerprint density at radius 1 is 1.47 bits per heavy atom. The van der Waals surface area contributed by atoms with Crippen molar-refractivity contribution in [3.63, 3.8) is 0 Å². The average Bonchev–Trinajstić information content (AvgIpc) is 2.96. The van der Waals surface area contributed by atoms with Gasteiger partial charge in [-0.2, -0.15) is 5.10 Å². The topological polar surface area (TPSA) is 88.5 Å². The van der Waals surface area contributed by atoms with E-state index in [1.807, 2.05) is 27.7 Å². The van der Waals surface area contributed by atoms with Crippen molar-refractivity contribution in [1.82, 2.24) is 25.0 Å². The molecule has 0 bridgehead atoms. The van der Waals surface area contributed by atoms with Gasteiger partial charge in [-0.3, -0.25) is 14.6 Å². The van der Waals surface area contributed by atoms with Crippen LogP contribution in [0.2, 0.25) is 0 Å². The van der Waals surface area contributed by atoms with Crippen LogP contribution in [0.1, 0.15) is 44.1 Å². The highest BCUT2D eigenvalue weighted by Crippen LogP contribution is 2.17. The molecule has 2 rings (SSSR count). The second-order valence-corrected chi connectivity index (χ2v) is 5.30. The summed E-state index contributed by atoms with van der Waals surface area (Å²) < 4.78 is 1.73. The molecule has 2 aromatic heterocycles. The average molecular weight is 262 g/mol. The molecule has 0 saturated carbocycles. The first-order chi connectivity index (χ1) is 8.90. The van der Waals surface area contributed by atoms with Crippen molar-refractivity contribution in [2.24, 2.45) is 0 Å². The van der Waals surface area contributed by atoms with Crippen molar-refractivity contribution in [1.29, 1.82) is 0 Å². The monoisotopic (exact) mass is 262 g/mol. The predicted octanol–water partition coefficient (Wildman–Crippen LogP) is 1.57. The summed E-state index contributed by atoms with van der Waals surface area (Å²) in [5, 5.41) is 13.5. The van der Waals surface area contributed by atoms with Crippen LogP contribution in [-0.4, -0.2) is 30.9 Å². The fourth-order valence-corrected chi connectivity index (χ4v) is 1.49. The summed E-state index contributed by atoms with van der Waals surface area (Å²) in [7, 11) is 0. The van der Waals surface area contributed by atoms with Crippen molar-refractivity contribution < 1.29 is 4.79 Å². The van der Waals surface area contributed by atoms with Crippen LogP contribution in [0.15, 0.2) is 12.4 Å². The predicted molar refractivity (Wildman–Crippen MR) is 70.9 cm³/mol. The molecule has 0 aromatic carbocycles. The maximum atomic E-state index is 12.0. The summed E-state index contributed by atoms with van der Waals surface area (Å²) in [5.74, 6) is 0.471. The Balaban J connectivity index is 2.10. The molecule has 2 heterocycles. The zero-order chi connectivity index (χ0) is 14.0. The SMILES string of the molecule is CCn1cc(NC(=O)c2n[nH]c(C(C)(C)C)n2)cn1. The van der Waals surface area contributed by atoms with E-state index in [1.54, 1.807) is 17.1 Å². The minimum absolute atomic E-state index is 0.133. The number of amides is 1. The first-order valence-corrected chi connectivity index (χ1v) is 6.17. The number of carbonyl (C=O) groups excluding carboxylic acids is 1. The largest absolute Gasteiger partial charge is 0.316 e. The van der Waals surface area contributed by atoms with E-state index in [0.717, 1.165) is 6.54 Å². The first-order valence-electron chi connectivity index (χ1n) is 6.17. The standard InChI is InChI=1S/C12H18N6O/c1-5-18-7-8(6-13-18)14-10(19)9-15-11(17-16-9)12(2,3)4/h6-7H,5H2,1-4H3,(H,14,19)(H,15,16,17). The molecule has 0 saturated heterocycles. The molecular weight excluding hydrogens is 244 g/mol. The number of nitrogens with zero attached hydrogens (tertiary/aromatic N) is 4. The molecule has 2 N–H and O–H groups in total. The van der Waals surface area contributed by atoms with E-state index < -0.39 is 0 Å². The Bertz CT molecular complexity index is 577. The van der Waals surface area contributed by atoms with Gasteiger partial charge in [0.1, 0.15) is 5.82 Å². The van der Waals surface area contributed by atoms with Gasteiger partial charge in [-0.05, 0) is 6.92 Å². The number of hydrogen-bond acceptors (Lipinski definition) is 4. The lowest BCUT2D eigenvalue weighted by molar-refractivity contribution is 0.101. The van der Waals surface area contributed by atoms with E-state index in [2.05, 4.69) is 25.6 Å². The van der Waals surface area contributed by atoms with Gasteiger partial charge in [-0.1, -0.05) is 20.8 Å². The molecular formula is C12H18N6O. The van der Waals surface area contributed by atoms with Gasteiger partial charge in [0.25, 0.3) is 5.91 Å². The second kappa shape index (κ2) is 4.83. The molecule has 0 radical (unpaired) electrons. The summed E-state index contributed by atoms with van der Waals surface area (Å²) in [6.45, 7) is 8.73. The van der Waals surface area contributed by atoms with Crippen molar-refractivity contribution >= 4 is 11.6 Å². The molecule has 0 unspecified atom stereocenters. The number of aryl methyl sites for hydroxylation is 1. The normalized spacial score (nSPS) is 11.6. The Hall–Kier alpha value is -2.18. The summed E-state index contributed by atoms with van der Waals surface area (Å²) in [6.07, 6.45) is 3.36. The summed E-state index contributed by atoms with van der Waals surface area (Å²) in [4.78, 5) is 16.2. The molecule has 0 aliphatic heterocycles. The lowest BCUT2D eigenvalue weighted by Crippen LogP contribution is -2.15. The minimum atomic E-state index is -0.345. The molecule has 0 fully saturated rings. The lowest BCUT2D eigenvalue weighted by atomic mass is 9.96. The number of aromatic amines is 1. The molecule has 102 valence electrons. The number of aromatic nitrogens is 5. The van der Waals surface area contributed by atoms with Gasteiger partial charge in [-0.25, -0.2) is 4.98 Å². The highest BCUT2D eigenvalue weighted by atomic mass is 16.2. The van der Waals surface area contributed by atoms with Gasteiger partial charge >= 0.3 is 0 Å². The van der Waals surface area contributed by atoms with Gasteiger partial charge in [0.15, 0.2) is 0 Å². The smallest absolute Gasteiger partial charge is 0.295 e. The molecule has 19 heavy (non-hydrogen) atoms. The molecule has 0 atom stereocenters. The lowest BCUT2D eigenvalue weighted by Gasteiger charge is -2.12. The fraction of sp³-hybridized carbons (Fsp3) is 0.500. The van der Waals surface area contributed by atoms with Crippen LogP contribution in [0.4, 0.5) is 5.69 Å². The number of nitrogens with one attached hydrogen (secondary N) is 2.